The number of carbonyl (C=O) groups is 1. The molecule has 0 radical (unpaired) electrons. The highest BCUT2D eigenvalue weighted by molar-refractivity contribution is 9.10. The number of aromatic nitrogens is 3. The van der Waals surface area contributed by atoms with Crippen molar-refractivity contribution in [3.8, 4) is 0 Å². The lowest BCUT2D eigenvalue weighted by molar-refractivity contribution is 0.101. The molecular formula is C13H13BrN4O3. The summed E-state index contributed by atoms with van der Waals surface area (Å²) in [6.07, 6.45) is 0. The van der Waals surface area contributed by atoms with Crippen molar-refractivity contribution in [2.24, 2.45) is 14.1 Å². The Morgan fingerprint density at radius 2 is 1.95 bits per heavy atom. The normalized spacial score (nSPS) is 10.5. The molecule has 1 aromatic carbocycles. The fraction of sp³-hybridized carbons (Fsp3) is 0.231. The predicted octanol–water partition coefficient (Wildman–Crippen LogP) is 0.802. The maximum atomic E-state index is 12.2. The van der Waals surface area contributed by atoms with Crippen molar-refractivity contribution in [1.29, 1.82) is 0 Å². The second-order valence-electron chi connectivity index (χ2n) is 4.49. The highest BCUT2D eigenvalue weighted by Crippen LogP contribution is 2.23. The maximum Gasteiger partial charge on any atom is 0.346 e. The minimum absolute atomic E-state index is 0.334. The molecule has 0 spiro atoms. The number of rotatable bonds is 2. The molecule has 0 fully saturated rings. The monoisotopic (exact) mass is 352 g/mol. The van der Waals surface area contributed by atoms with Crippen LogP contribution in [0.5, 0.6) is 0 Å². The molecule has 8 heteroatoms. The summed E-state index contributed by atoms with van der Waals surface area (Å²) >= 11 is 3.36. The van der Waals surface area contributed by atoms with Gasteiger partial charge in [-0.05, 0) is 24.6 Å². The van der Waals surface area contributed by atoms with Gasteiger partial charge in [0.25, 0.3) is 11.5 Å². The fourth-order valence-electron chi connectivity index (χ4n) is 1.77. The molecule has 2 rings (SSSR count). The van der Waals surface area contributed by atoms with Crippen molar-refractivity contribution < 1.29 is 4.79 Å². The van der Waals surface area contributed by atoms with Gasteiger partial charge in [-0.25, -0.2) is 9.48 Å². The van der Waals surface area contributed by atoms with E-state index in [-0.39, 0.29) is 5.69 Å². The Morgan fingerprint density at radius 1 is 1.29 bits per heavy atom. The van der Waals surface area contributed by atoms with Crippen LogP contribution < -0.4 is 16.6 Å². The molecule has 0 saturated carbocycles. The van der Waals surface area contributed by atoms with Crippen molar-refractivity contribution in [1.82, 2.24) is 14.3 Å². The molecule has 0 aliphatic carbocycles. The molecule has 110 valence electrons. The summed E-state index contributed by atoms with van der Waals surface area (Å²) in [5.74, 6) is -0.660. The summed E-state index contributed by atoms with van der Waals surface area (Å²) in [5.41, 5.74) is -0.267. The van der Waals surface area contributed by atoms with Crippen molar-refractivity contribution >= 4 is 27.5 Å². The molecule has 0 aliphatic heterocycles. The molecular weight excluding hydrogens is 340 g/mol. The number of aryl methyl sites for hydroxylation is 1. The predicted molar refractivity (Wildman–Crippen MR) is 81.6 cm³/mol. The van der Waals surface area contributed by atoms with E-state index >= 15 is 0 Å². The largest absolute Gasteiger partial charge is 0.346 e. The Labute approximate surface area is 128 Å². The van der Waals surface area contributed by atoms with E-state index in [4.69, 9.17) is 0 Å². The van der Waals surface area contributed by atoms with Gasteiger partial charge in [-0.2, -0.15) is 5.10 Å². The van der Waals surface area contributed by atoms with E-state index in [2.05, 4.69) is 26.3 Å². The lowest BCUT2D eigenvalue weighted by Gasteiger charge is -2.10. The third kappa shape index (κ3) is 2.80. The number of hydrogen-bond donors (Lipinski definition) is 1. The van der Waals surface area contributed by atoms with Crippen LogP contribution in [0.4, 0.5) is 5.69 Å². The third-order valence-electron chi connectivity index (χ3n) is 3.05. The van der Waals surface area contributed by atoms with Gasteiger partial charge in [-0.15, -0.1) is 0 Å². The zero-order chi connectivity index (χ0) is 15.7. The van der Waals surface area contributed by atoms with Crippen molar-refractivity contribution in [2.75, 3.05) is 5.32 Å². The van der Waals surface area contributed by atoms with E-state index in [0.717, 1.165) is 19.3 Å². The van der Waals surface area contributed by atoms with Gasteiger partial charge in [-0.1, -0.05) is 22.0 Å². The summed E-state index contributed by atoms with van der Waals surface area (Å²) in [5, 5.41) is 6.35. The van der Waals surface area contributed by atoms with E-state index in [1.165, 1.54) is 14.1 Å². The summed E-state index contributed by atoms with van der Waals surface area (Å²) < 4.78 is 2.63. The lowest BCUT2D eigenvalue weighted by Crippen LogP contribution is -2.43. The molecule has 0 saturated heterocycles. The minimum Gasteiger partial charge on any atom is -0.320 e. The van der Waals surface area contributed by atoms with E-state index in [0.29, 0.717) is 5.69 Å². The quantitative estimate of drug-likeness (QED) is 0.866. The number of nitrogens with one attached hydrogen (secondary N) is 1. The van der Waals surface area contributed by atoms with Crippen molar-refractivity contribution in [3.05, 3.63) is 54.8 Å². The number of halogens is 1. The van der Waals surface area contributed by atoms with Gasteiger partial charge in [0, 0.05) is 24.3 Å². The van der Waals surface area contributed by atoms with Gasteiger partial charge in [0.05, 0.1) is 0 Å². The Bertz CT molecular complexity index is 838. The summed E-state index contributed by atoms with van der Waals surface area (Å²) in [4.78, 5) is 35.7. The van der Waals surface area contributed by atoms with Gasteiger partial charge in [0.15, 0.2) is 0 Å². The maximum absolute atomic E-state index is 12.2. The Morgan fingerprint density at radius 3 is 2.62 bits per heavy atom. The zero-order valence-electron chi connectivity index (χ0n) is 11.7. The van der Waals surface area contributed by atoms with E-state index in [1.807, 2.05) is 13.0 Å². The molecule has 0 unspecified atom stereocenters. The average molecular weight is 353 g/mol. The van der Waals surface area contributed by atoms with Gasteiger partial charge in [0.1, 0.15) is 0 Å². The Hall–Kier alpha value is -2.22. The van der Waals surface area contributed by atoms with Gasteiger partial charge < -0.3 is 5.32 Å². The Kier molecular flexibility index (Phi) is 4.08. The number of anilines is 1. The highest BCUT2D eigenvalue weighted by atomic mass is 79.9. The fourth-order valence-corrected chi connectivity index (χ4v) is 2.13. The van der Waals surface area contributed by atoms with Crippen LogP contribution in [0.3, 0.4) is 0 Å². The number of amides is 1. The molecule has 1 amide bonds. The van der Waals surface area contributed by atoms with Gasteiger partial charge in [0.2, 0.25) is 5.69 Å². The molecule has 1 N–H and O–H groups in total. The zero-order valence-corrected chi connectivity index (χ0v) is 13.3. The first-order chi connectivity index (χ1) is 9.82. The van der Waals surface area contributed by atoms with Gasteiger partial charge in [-0.3, -0.25) is 14.2 Å². The van der Waals surface area contributed by atoms with Gasteiger partial charge >= 0.3 is 5.69 Å². The first kappa shape index (κ1) is 15.2. The number of nitrogens with zero attached hydrogens (tertiary/aromatic N) is 3. The minimum atomic E-state index is -0.733. The van der Waals surface area contributed by atoms with Crippen molar-refractivity contribution in [2.45, 2.75) is 6.92 Å². The van der Waals surface area contributed by atoms with Crippen LogP contribution in [0.15, 0.2) is 32.3 Å². The van der Waals surface area contributed by atoms with Crippen LogP contribution in [0.25, 0.3) is 0 Å². The van der Waals surface area contributed by atoms with E-state index in [9.17, 15) is 14.4 Å². The van der Waals surface area contributed by atoms with E-state index < -0.39 is 17.2 Å². The van der Waals surface area contributed by atoms with Crippen molar-refractivity contribution in [3.63, 3.8) is 0 Å². The summed E-state index contributed by atoms with van der Waals surface area (Å²) in [7, 11) is 2.68. The third-order valence-corrected chi connectivity index (χ3v) is 3.91. The molecule has 2 aromatic rings. The van der Waals surface area contributed by atoms with Crippen LogP contribution in [0.1, 0.15) is 16.1 Å². The molecule has 0 bridgehead atoms. The summed E-state index contributed by atoms with van der Waals surface area (Å²) in [6.45, 7) is 1.83. The second-order valence-corrected chi connectivity index (χ2v) is 5.34. The standard InChI is InChI=1S/C13H13BrN4O3/c1-7-8(14)5-4-6-9(7)15-11(19)10-12(20)17(2)13(21)18(3)16-10/h4-6H,1-3H3,(H,15,19). The molecule has 21 heavy (non-hydrogen) atoms. The molecule has 0 aliphatic rings. The number of hydrogen-bond acceptors (Lipinski definition) is 4. The second kappa shape index (κ2) is 5.65. The molecule has 1 heterocycles. The number of benzene rings is 1. The van der Waals surface area contributed by atoms with Crippen LogP contribution in [-0.4, -0.2) is 20.3 Å². The Balaban J connectivity index is 2.45. The SMILES string of the molecule is Cc1c(Br)cccc1NC(=O)c1nn(C)c(=O)n(C)c1=O. The molecule has 7 nitrogen and oxygen atoms in total. The van der Waals surface area contributed by atoms with E-state index in [1.54, 1.807) is 12.1 Å². The first-order valence-electron chi connectivity index (χ1n) is 6.03. The van der Waals surface area contributed by atoms with Crippen LogP contribution in [-0.2, 0) is 14.1 Å². The van der Waals surface area contributed by atoms with Crippen LogP contribution in [0.2, 0.25) is 0 Å². The molecule has 1 aromatic heterocycles. The molecule has 0 atom stereocenters. The van der Waals surface area contributed by atoms with Crippen LogP contribution >= 0.6 is 15.9 Å². The lowest BCUT2D eigenvalue weighted by atomic mass is 10.2. The number of carbonyl (C=O) groups excluding carboxylic acids is 1. The smallest absolute Gasteiger partial charge is 0.320 e. The first-order valence-corrected chi connectivity index (χ1v) is 6.83. The van der Waals surface area contributed by atoms with Crippen LogP contribution in [0, 0.1) is 6.92 Å². The topological polar surface area (TPSA) is 86.0 Å². The summed E-state index contributed by atoms with van der Waals surface area (Å²) in [6, 6.07) is 5.32. The average Bonchev–Trinajstić information content (AvgIpc) is 2.45. The highest BCUT2D eigenvalue weighted by Gasteiger charge is 2.17.